The zero-order chi connectivity index (χ0) is 21.8. The van der Waals surface area contributed by atoms with Crippen molar-refractivity contribution in [3.8, 4) is 22.2 Å². The van der Waals surface area contributed by atoms with Crippen molar-refractivity contribution in [2.75, 3.05) is 12.4 Å². The molecule has 8 nitrogen and oxygen atoms in total. The van der Waals surface area contributed by atoms with Gasteiger partial charge in [-0.25, -0.2) is 0 Å². The molecule has 0 unspecified atom stereocenters. The number of anilines is 1. The molecule has 4 rings (SSSR count). The van der Waals surface area contributed by atoms with Crippen molar-refractivity contribution in [1.29, 1.82) is 0 Å². The van der Waals surface area contributed by atoms with Crippen molar-refractivity contribution >= 4 is 46.1 Å². The molecule has 1 aromatic carbocycles. The monoisotopic (exact) mass is 476 g/mol. The van der Waals surface area contributed by atoms with Gasteiger partial charge in [-0.15, -0.1) is 11.3 Å². The van der Waals surface area contributed by atoms with Gasteiger partial charge in [0.25, 0.3) is 11.8 Å². The van der Waals surface area contributed by atoms with E-state index >= 15 is 0 Å². The number of aromatic nitrogens is 3. The van der Waals surface area contributed by atoms with E-state index in [-0.39, 0.29) is 28.2 Å². The van der Waals surface area contributed by atoms with Crippen LogP contribution in [0.25, 0.3) is 10.7 Å². The van der Waals surface area contributed by atoms with Gasteiger partial charge in [0.2, 0.25) is 5.82 Å². The molecule has 1 N–H and O–H groups in total. The molecule has 0 bridgehead atoms. The van der Waals surface area contributed by atoms with E-state index in [4.69, 9.17) is 37.2 Å². The third kappa shape index (κ3) is 4.79. The van der Waals surface area contributed by atoms with E-state index in [1.807, 2.05) is 17.5 Å². The van der Waals surface area contributed by atoms with Crippen LogP contribution < -0.4 is 14.8 Å². The van der Waals surface area contributed by atoms with Crippen molar-refractivity contribution in [2.24, 2.45) is 0 Å². The lowest BCUT2D eigenvalue weighted by Crippen LogP contribution is -2.13. The van der Waals surface area contributed by atoms with Crippen LogP contribution in [0.5, 0.6) is 11.5 Å². The Morgan fingerprint density at radius 3 is 2.71 bits per heavy atom. The van der Waals surface area contributed by atoms with Crippen molar-refractivity contribution in [3.63, 3.8) is 0 Å². The molecule has 3 heterocycles. The smallest absolute Gasteiger partial charge is 0.264 e. The Bertz CT molecular complexity index is 1190. The van der Waals surface area contributed by atoms with E-state index in [2.05, 4.69) is 20.4 Å². The highest BCUT2D eigenvalue weighted by Gasteiger charge is 2.16. The van der Waals surface area contributed by atoms with Gasteiger partial charge in [-0.1, -0.05) is 34.4 Å². The molecule has 3 aromatic heterocycles. The molecule has 4 aromatic rings. The number of thiophene rings is 1. The molecular formula is C20H14Cl2N4O4S. The summed E-state index contributed by atoms with van der Waals surface area (Å²) in [7, 11) is 1.50. The molecule has 0 aliphatic carbocycles. The summed E-state index contributed by atoms with van der Waals surface area (Å²) in [5, 5.41) is 8.99. The van der Waals surface area contributed by atoms with E-state index in [0.717, 1.165) is 4.88 Å². The van der Waals surface area contributed by atoms with E-state index < -0.39 is 5.91 Å². The zero-order valence-electron chi connectivity index (χ0n) is 16.0. The summed E-state index contributed by atoms with van der Waals surface area (Å²) in [6.07, 6.45) is 2.78. The van der Waals surface area contributed by atoms with Crippen molar-refractivity contribution < 1.29 is 18.8 Å². The predicted molar refractivity (Wildman–Crippen MR) is 117 cm³/mol. The minimum Gasteiger partial charge on any atom is -0.493 e. The lowest BCUT2D eigenvalue weighted by atomic mass is 10.2. The number of benzene rings is 1. The molecule has 31 heavy (non-hydrogen) atoms. The van der Waals surface area contributed by atoms with Gasteiger partial charge in [-0.2, -0.15) is 4.98 Å². The van der Waals surface area contributed by atoms with Crippen molar-refractivity contribution in [1.82, 2.24) is 15.1 Å². The first kappa shape index (κ1) is 21.1. The lowest BCUT2D eigenvalue weighted by molar-refractivity contribution is 0.102. The number of halogens is 2. The fraction of sp³-hybridized carbons (Fsp3) is 0.100. The third-order valence-electron chi connectivity index (χ3n) is 4.08. The van der Waals surface area contributed by atoms with Gasteiger partial charge in [0.1, 0.15) is 0 Å². The molecule has 0 fully saturated rings. The lowest BCUT2D eigenvalue weighted by Gasteiger charge is -2.12. The molecule has 0 aliphatic rings. The number of pyridine rings is 1. The molecule has 0 aliphatic heterocycles. The summed E-state index contributed by atoms with van der Waals surface area (Å²) in [6.45, 7) is 0.00180. The SMILES string of the molecule is COc1ccc(C(=O)Nc2c(Cl)cncc2Cl)cc1OCc1nc(-c2cccs2)no1. The Morgan fingerprint density at radius 1 is 1.19 bits per heavy atom. The largest absolute Gasteiger partial charge is 0.493 e. The van der Waals surface area contributed by atoms with Crippen molar-refractivity contribution in [3.05, 3.63) is 69.6 Å². The summed E-state index contributed by atoms with van der Waals surface area (Å²) < 4.78 is 16.3. The van der Waals surface area contributed by atoms with E-state index in [1.54, 1.807) is 12.1 Å². The maximum Gasteiger partial charge on any atom is 0.264 e. The van der Waals surface area contributed by atoms with Gasteiger partial charge < -0.3 is 19.3 Å². The predicted octanol–water partition coefficient (Wildman–Crippen LogP) is 5.34. The molecular weight excluding hydrogens is 463 g/mol. The topological polar surface area (TPSA) is 99.4 Å². The highest BCUT2D eigenvalue weighted by molar-refractivity contribution is 7.13. The van der Waals surface area contributed by atoms with Crippen LogP contribution in [0.1, 0.15) is 16.2 Å². The number of ether oxygens (including phenoxy) is 2. The Balaban J connectivity index is 1.50. The van der Waals surface area contributed by atoms with E-state index in [9.17, 15) is 4.79 Å². The quantitative estimate of drug-likeness (QED) is 0.384. The number of methoxy groups -OCH3 is 1. The number of rotatable bonds is 7. The summed E-state index contributed by atoms with van der Waals surface area (Å²) in [4.78, 5) is 21.8. The van der Waals surface area contributed by atoms with Crippen LogP contribution in [0, 0.1) is 0 Å². The average molecular weight is 477 g/mol. The molecule has 11 heteroatoms. The second-order valence-electron chi connectivity index (χ2n) is 6.08. The fourth-order valence-electron chi connectivity index (χ4n) is 2.61. The van der Waals surface area contributed by atoms with Gasteiger partial charge in [0.05, 0.1) is 27.7 Å². The Kier molecular flexibility index (Phi) is 6.36. The minimum atomic E-state index is -0.430. The van der Waals surface area contributed by atoms with Gasteiger partial charge in [0, 0.05) is 18.0 Å². The third-order valence-corrected chi connectivity index (χ3v) is 5.52. The first-order chi connectivity index (χ1) is 15.0. The maximum absolute atomic E-state index is 12.7. The Morgan fingerprint density at radius 2 is 2.00 bits per heavy atom. The molecule has 0 spiro atoms. The fourth-order valence-corrected chi connectivity index (χ4v) is 3.71. The maximum atomic E-state index is 12.7. The number of hydrogen-bond acceptors (Lipinski definition) is 8. The molecule has 0 saturated heterocycles. The van der Waals surface area contributed by atoms with Crippen LogP contribution in [0.4, 0.5) is 5.69 Å². The van der Waals surface area contributed by atoms with E-state index in [0.29, 0.717) is 22.9 Å². The first-order valence-electron chi connectivity index (χ1n) is 8.83. The molecule has 0 saturated carbocycles. The van der Waals surface area contributed by atoms with Gasteiger partial charge in [-0.05, 0) is 29.6 Å². The van der Waals surface area contributed by atoms with Crippen LogP contribution in [-0.2, 0) is 6.61 Å². The number of carbonyl (C=O) groups is 1. The van der Waals surface area contributed by atoms with Gasteiger partial charge in [0.15, 0.2) is 18.1 Å². The molecule has 158 valence electrons. The normalized spacial score (nSPS) is 10.7. The molecule has 1 amide bonds. The summed E-state index contributed by atoms with van der Waals surface area (Å²) >= 11 is 13.6. The number of carbonyl (C=O) groups excluding carboxylic acids is 1. The van der Waals surface area contributed by atoms with Gasteiger partial charge in [-0.3, -0.25) is 9.78 Å². The van der Waals surface area contributed by atoms with Crippen LogP contribution >= 0.6 is 34.5 Å². The number of hydrogen-bond donors (Lipinski definition) is 1. The van der Waals surface area contributed by atoms with Gasteiger partial charge >= 0.3 is 0 Å². The standard InChI is InChI=1S/C20H14Cl2N4O4S/c1-28-14-5-4-11(20(27)25-18-12(21)8-23-9-13(18)22)7-15(14)29-10-17-24-19(26-30-17)16-3-2-6-31-16/h2-9H,10H2,1H3,(H,23,25,27). The molecule has 0 atom stereocenters. The highest BCUT2D eigenvalue weighted by Crippen LogP contribution is 2.32. The van der Waals surface area contributed by atoms with Crippen LogP contribution in [0.15, 0.2) is 52.6 Å². The average Bonchev–Trinajstić information content (AvgIpc) is 3.46. The Labute approximate surface area is 190 Å². The summed E-state index contributed by atoms with van der Waals surface area (Å²) in [6, 6.07) is 8.54. The van der Waals surface area contributed by atoms with Crippen LogP contribution in [0.3, 0.4) is 0 Å². The number of amides is 1. The second-order valence-corrected chi connectivity index (χ2v) is 7.84. The summed E-state index contributed by atoms with van der Waals surface area (Å²) in [5.74, 6) is 1.11. The zero-order valence-corrected chi connectivity index (χ0v) is 18.3. The highest BCUT2D eigenvalue weighted by atomic mass is 35.5. The summed E-state index contributed by atoms with van der Waals surface area (Å²) in [5.41, 5.74) is 0.582. The van der Waals surface area contributed by atoms with Crippen LogP contribution in [-0.4, -0.2) is 28.1 Å². The number of nitrogens with one attached hydrogen (secondary N) is 1. The first-order valence-corrected chi connectivity index (χ1v) is 10.5. The molecule has 0 radical (unpaired) electrons. The second kappa shape index (κ2) is 9.34. The minimum absolute atomic E-state index is 0.00180. The Hall–Kier alpha value is -3.14. The van der Waals surface area contributed by atoms with Crippen LogP contribution in [0.2, 0.25) is 10.0 Å². The number of nitrogens with zero attached hydrogens (tertiary/aromatic N) is 3. The van der Waals surface area contributed by atoms with Crippen molar-refractivity contribution in [2.45, 2.75) is 6.61 Å². The van der Waals surface area contributed by atoms with E-state index in [1.165, 1.54) is 36.9 Å².